The predicted molar refractivity (Wildman–Crippen MR) is 84.2 cm³/mol. The fourth-order valence-corrected chi connectivity index (χ4v) is 3.46. The Balaban J connectivity index is 1.80. The number of carbonyl (C=O) groups excluding carboxylic acids is 1. The van der Waals surface area contributed by atoms with Crippen LogP contribution < -0.4 is 10.6 Å². The second-order valence-corrected chi connectivity index (χ2v) is 6.32. The van der Waals surface area contributed by atoms with Crippen LogP contribution in [0.1, 0.15) is 23.3 Å². The van der Waals surface area contributed by atoms with Gasteiger partial charge in [-0.05, 0) is 31.5 Å². The third kappa shape index (κ3) is 2.99. The first kappa shape index (κ1) is 14.2. The second-order valence-electron chi connectivity index (χ2n) is 5.35. The molecule has 1 amide bonds. The average Bonchev–Trinajstić information content (AvgIpc) is 3.07. The van der Waals surface area contributed by atoms with E-state index in [-0.39, 0.29) is 5.91 Å². The van der Waals surface area contributed by atoms with Gasteiger partial charge < -0.3 is 10.6 Å². The summed E-state index contributed by atoms with van der Waals surface area (Å²) in [6, 6.07) is 10.1. The largest absolute Gasteiger partial charge is 0.350 e. The third-order valence-corrected chi connectivity index (χ3v) is 4.90. The molecule has 0 bridgehead atoms. The first-order valence-corrected chi connectivity index (χ1v) is 8.11. The third-order valence-electron chi connectivity index (χ3n) is 4.12. The highest BCUT2D eigenvalue weighted by Gasteiger charge is 2.40. The fraction of sp³-hybridized carbons (Fsp3) is 0.375. The van der Waals surface area contributed by atoms with E-state index in [1.54, 1.807) is 16.8 Å². The van der Waals surface area contributed by atoms with Crippen molar-refractivity contribution in [3.8, 4) is 0 Å². The molecule has 1 fully saturated rings. The van der Waals surface area contributed by atoms with Gasteiger partial charge in [-0.3, -0.25) is 9.78 Å². The van der Waals surface area contributed by atoms with Crippen LogP contribution >= 0.6 is 11.3 Å². The molecule has 4 nitrogen and oxygen atoms in total. The van der Waals surface area contributed by atoms with E-state index in [1.165, 1.54) is 0 Å². The quantitative estimate of drug-likeness (QED) is 0.909. The number of nitrogens with zero attached hydrogens (tertiary/aromatic N) is 1. The molecule has 110 valence electrons. The average molecular weight is 301 g/mol. The van der Waals surface area contributed by atoms with Crippen molar-refractivity contribution in [2.24, 2.45) is 0 Å². The molecule has 0 saturated carbocycles. The maximum absolute atomic E-state index is 12.9. The van der Waals surface area contributed by atoms with Gasteiger partial charge in [0.2, 0.25) is 5.91 Å². The zero-order valence-electron chi connectivity index (χ0n) is 11.8. The Bertz CT molecular complexity index is 577. The summed E-state index contributed by atoms with van der Waals surface area (Å²) in [7, 11) is 0. The highest BCUT2D eigenvalue weighted by molar-refractivity contribution is 7.09. The van der Waals surface area contributed by atoms with Crippen molar-refractivity contribution in [3.63, 3.8) is 0 Å². The van der Waals surface area contributed by atoms with Gasteiger partial charge in [-0.1, -0.05) is 30.3 Å². The van der Waals surface area contributed by atoms with Gasteiger partial charge in [-0.2, -0.15) is 0 Å². The van der Waals surface area contributed by atoms with E-state index in [2.05, 4.69) is 27.8 Å². The van der Waals surface area contributed by atoms with Crippen LogP contribution in [0, 0.1) is 0 Å². The Hall–Kier alpha value is -1.72. The van der Waals surface area contributed by atoms with E-state index in [4.69, 9.17) is 0 Å². The lowest BCUT2D eigenvalue weighted by Gasteiger charge is -2.36. The molecule has 21 heavy (non-hydrogen) atoms. The Morgan fingerprint density at radius 1 is 1.29 bits per heavy atom. The van der Waals surface area contributed by atoms with Gasteiger partial charge in [0.15, 0.2) is 0 Å². The van der Waals surface area contributed by atoms with Gasteiger partial charge in [0.25, 0.3) is 0 Å². The standard InChI is InChI=1S/C16H19N3OS/c20-15(19-11-14-10-18-12-21-14)16(6-8-17-9-7-16)13-4-2-1-3-5-13/h1-5,10,12,17H,6-9,11H2,(H,19,20). The van der Waals surface area contributed by atoms with Crippen molar-refractivity contribution in [2.75, 3.05) is 13.1 Å². The molecular formula is C16H19N3OS. The minimum Gasteiger partial charge on any atom is -0.350 e. The first-order valence-electron chi connectivity index (χ1n) is 7.23. The molecule has 2 aromatic rings. The van der Waals surface area contributed by atoms with Crippen LogP contribution in [0.5, 0.6) is 0 Å². The molecule has 0 spiro atoms. The Morgan fingerprint density at radius 2 is 2.05 bits per heavy atom. The molecule has 0 aliphatic carbocycles. The van der Waals surface area contributed by atoms with E-state index in [0.717, 1.165) is 36.4 Å². The molecule has 0 atom stereocenters. The number of aromatic nitrogens is 1. The molecule has 2 N–H and O–H groups in total. The first-order chi connectivity index (χ1) is 10.3. The van der Waals surface area contributed by atoms with Gasteiger partial charge in [0, 0.05) is 11.1 Å². The van der Waals surface area contributed by atoms with Gasteiger partial charge in [-0.15, -0.1) is 11.3 Å². The zero-order valence-corrected chi connectivity index (χ0v) is 12.7. The summed E-state index contributed by atoms with van der Waals surface area (Å²) in [4.78, 5) is 18.0. The number of amides is 1. The highest BCUT2D eigenvalue weighted by Crippen LogP contribution is 2.33. The number of piperidine rings is 1. The minimum absolute atomic E-state index is 0.128. The smallest absolute Gasteiger partial charge is 0.231 e. The van der Waals surface area contributed by atoms with Gasteiger partial charge in [0.1, 0.15) is 0 Å². The van der Waals surface area contributed by atoms with Gasteiger partial charge in [0.05, 0.1) is 17.5 Å². The SMILES string of the molecule is O=C(NCc1cncs1)C1(c2ccccc2)CCNCC1. The maximum atomic E-state index is 12.9. The van der Waals surface area contributed by atoms with Crippen LogP contribution in [-0.4, -0.2) is 24.0 Å². The molecule has 1 aromatic carbocycles. The lowest BCUT2D eigenvalue weighted by Crippen LogP contribution is -2.50. The normalized spacial score (nSPS) is 17.3. The summed E-state index contributed by atoms with van der Waals surface area (Å²) in [5, 5.41) is 6.44. The highest BCUT2D eigenvalue weighted by atomic mass is 32.1. The monoisotopic (exact) mass is 301 g/mol. The van der Waals surface area contributed by atoms with Crippen molar-refractivity contribution in [1.29, 1.82) is 0 Å². The van der Waals surface area contributed by atoms with E-state index in [9.17, 15) is 4.79 Å². The maximum Gasteiger partial charge on any atom is 0.231 e. The summed E-state index contributed by atoms with van der Waals surface area (Å²) in [6.07, 6.45) is 3.49. The van der Waals surface area contributed by atoms with Crippen molar-refractivity contribution < 1.29 is 4.79 Å². The van der Waals surface area contributed by atoms with Crippen molar-refractivity contribution in [1.82, 2.24) is 15.6 Å². The van der Waals surface area contributed by atoms with Crippen molar-refractivity contribution in [3.05, 3.63) is 52.5 Å². The molecule has 5 heteroatoms. The summed E-state index contributed by atoms with van der Waals surface area (Å²) in [5.74, 6) is 0.128. The Morgan fingerprint density at radius 3 is 2.71 bits per heavy atom. The van der Waals surface area contributed by atoms with Crippen LogP contribution in [0.15, 0.2) is 42.0 Å². The van der Waals surface area contributed by atoms with Crippen LogP contribution in [0.25, 0.3) is 0 Å². The number of hydrogen-bond donors (Lipinski definition) is 2. The Labute approximate surface area is 128 Å². The molecule has 0 unspecified atom stereocenters. The molecule has 1 aliphatic heterocycles. The van der Waals surface area contributed by atoms with E-state index in [0.29, 0.717) is 6.54 Å². The second kappa shape index (κ2) is 6.37. The summed E-state index contributed by atoms with van der Waals surface area (Å²) in [5.41, 5.74) is 2.50. The van der Waals surface area contributed by atoms with E-state index >= 15 is 0 Å². The molecule has 1 aromatic heterocycles. The van der Waals surface area contributed by atoms with Crippen molar-refractivity contribution in [2.45, 2.75) is 24.8 Å². The summed E-state index contributed by atoms with van der Waals surface area (Å²) < 4.78 is 0. The Kier molecular flexibility index (Phi) is 4.31. The molecule has 1 aliphatic rings. The fourth-order valence-electron chi connectivity index (χ4n) is 2.92. The van der Waals surface area contributed by atoms with E-state index < -0.39 is 5.41 Å². The molecule has 2 heterocycles. The number of hydrogen-bond acceptors (Lipinski definition) is 4. The van der Waals surface area contributed by atoms with Crippen LogP contribution in [0.4, 0.5) is 0 Å². The number of benzene rings is 1. The minimum atomic E-state index is -0.406. The lowest BCUT2D eigenvalue weighted by molar-refractivity contribution is -0.128. The predicted octanol–water partition coefficient (Wildman–Crippen LogP) is 2.08. The number of thiazole rings is 1. The van der Waals surface area contributed by atoms with Crippen LogP contribution in [0.2, 0.25) is 0 Å². The molecule has 3 rings (SSSR count). The van der Waals surface area contributed by atoms with Crippen LogP contribution in [-0.2, 0) is 16.8 Å². The van der Waals surface area contributed by atoms with Gasteiger partial charge >= 0.3 is 0 Å². The number of nitrogens with one attached hydrogen (secondary N) is 2. The van der Waals surface area contributed by atoms with Crippen molar-refractivity contribution >= 4 is 17.2 Å². The van der Waals surface area contributed by atoms with Gasteiger partial charge in [-0.25, -0.2) is 0 Å². The number of rotatable bonds is 4. The summed E-state index contributed by atoms with van der Waals surface area (Å²) >= 11 is 1.57. The number of carbonyl (C=O) groups is 1. The van der Waals surface area contributed by atoms with Crippen LogP contribution in [0.3, 0.4) is 0 Å². The summed E-state index contributed by atoms with van der Waals surface area (Å²) in [6.45, 7) is 2.32. The zero-order chi connectivity index (χ0) is 14.5. The topological polar surface area (TPSA) is 54.0 Å². The molecular weight excluding hydrogens is 282 g/mol. The van der Waals surface area contributed by atoms with E-state index in [1.807, 2.05) is 24.4 Å². The molecule has 1 saturated heterocycles. The lowest BCUT2D eigenvalue weighted by atomic mass is 9.72. The molecule has 0 radical (unpaired) electrons.